The third kappa shape index (κ3) is 6.47. The standard InChI is InChI=1S/C20H20FNO5/c1-25-17-9-5-14(11-18(17)26-2)6-10-20(24)27-13-19(23)22-12-15-3-7-16(21)8-4-15/h3-11H,12-13H2,1-2H3,(H,22,23)/b10-6+. The summed E-state index contributed by atoms with van der Waals surface area (Å²) in [5.74, 6) is -0.336. The number of carbonyl (C=O) groups excluding carboxylic acids is 2. The molecule has 0 aliphatic carbocycles. The molecule has 0 heterocycles. The molecule has 0 radical (unpaired) electrons. The van der Waals surface area contributed by atoms with Crippen LogP contribution in [0.5, 0.6) is 11.5 Å². The van der Waals surface area contributed by atoms with Crippen LogP contribution in [0.15, 0.2) is 48.5 Å². The Bertz CT molecular complexity index is 818. The third-order valence-corrected chi connectivity index (χ3v) is 3.57. The first-order valence-electron chi connectivity index (χ1n) is 8.10. The lowest BCUT2D eigenvalue weighted by atomic mass is 10.2. The van der Waals surface area contributed by atoms with E-state index in [1.54, 1.807) is 36.4 Å². The van der Waals surface area contributed by atoms with Crippen molar-refractivity contribution in [1.82, 2.24) is 5.32 Å². The van der Waals surface area contributed by atoms with Crippen LogP contribution in [0, 0.1) is 5.82 Å². The largest absolute Gasteiger partial charge is 0.493 e. The maximum atomic E-state index is 12.8. The molecule has 1 amide bonds. The van der Waals surface area contributed by atoms with E-state index in [-0.39, 0.29) is 12.4 Å². The summed E-state index contributed by atoms with van der Waals surface area (Å²) < 4.78 is 28.0. The lowest BCUT2D eigenvalue weighted by Gasteiger charge is -2.07. The topological polar surface area (TPSA) is 73.9 Å². The molecule has 6 nitrogen and oxygen atoms in total. The molecular formula is C20H20FNO5. The number of nitrogens with one attached hydrogen (secondary N) is 1. The lowest BCUT2D eigenvalue weighted by molar-refractivity contribution is -0.143. The van der Waals surface area contributed by atoms with Gasteiger partial charge in [0.05, 0.1) is 14.2 Å². The first-order valence-corrected chi connectivity index (χ1v) is 8.10. The summed E-state index contributed by atoms with van der Waals surface area (Å²) in [6.45, 7) is -0.186. The molecule has 1 N–H and O–H groups in total. The average molecular weight is 373 g/mol. The van der Waals surface area contributed by atoms with Crippen LogP contribution in [0.4, 0.5) is 4.39 Å². The van der Waals surface area contributed by atoms with Gasteiger partial charge in [0, 0.05) is 12.6 Å². The highest BCUT2D eigenvalue weighted by Crippen LogP contribution is 2.27. The van der Waals surface area contributed by atoms with E-state index < -0.39 is 18.5 Å². The highest BCUT2D eigenvalue weighted by molar-refractivity contribution is 5.89. The molecule has 0 unspecified atom stereocenters. The molecular weight excluding hydrogens is 353 g/mol. The molecule has 0 spiro atoms. The van der Waals surface area contributed by atoms with Crippen molar-refractivity contribution in [2.24, 2.45) is 0 Å². The average Bonchev–Trinajstić information content (AvgIpc) is 2.69. The summed E-state index contributed by atoms with van der Waals surface area (Å²) >= 11 is 0. The third-order valence-electron chi connectivity index (χ3n) is 3.57. The van der Waals surface area contributed by atoms with Crippen molar-refractivity contribution in [2.75, 3.05) is 20.8 Å². The van der Waals surface area contributed by atoms with Crippen LogP contribution < -0.4 is 14.8 Å². The Balaban J connectivity index is 1.78. The van der Waals surface area contributed by atoms with Gasteiger partial charge in [-0.3, -0.25) is 4.79 Å². The van der Waals surface area contributed by atoms with Gasteiger partial charge in [-0.05, 0) is 41.5 Å². The number of methoxy groups -OCH3 is 2. The normalized spacial score (nSPS) is 10.5. The summed E-state index contributed by atoms with van der Waals surface area (Å²) in [6.07, 6.45) is 2.76. The minimum Gasteiger partial charge on any atom is -0.493 e. The van der Waals surface area contributed by atoms with Crippen molar-refractivity contribution in [2.45, 2.75) is 6.54 Å². The summed E-state index contributed by atoms with van der Waals surface area (Å²) in [7, 11) is 3.05. The fraction of sp³-hybridized carbons (Fsp3) is 0.200. The zero-order valence-corrected chi connectivity index (χ0v) is 15.0. The van der Waals surface area contributed by atoms with Gasteiger partial charge >= 0.3 is 5.97 Å². The first kappa shape index (κ1) is 20.0. The number of halogens is 1. The Kier molecular flexibility index (Phi) is 7.37. The number of hydrogen-bond acceptors (Lipinski definition) is 5. The van der Waals surface area contributed by atoms with Crippen molar-refractivity contribution < 1.29 is 28.2 Å². The molecule has 0 aliphatic heterocycles. The van der Waals surface area contributed by atoms with Gasteiger partial charge in [0.15, 0.2) is 18.1 Å². The van der Waals surface area contributed by atoms with E-state index in [1.165, 1.54) is 32.4 Å². The molecule has 7 heteroatoms. The maximum Gasteiger partial charge on any atom is 0.331 e. The number of amides is 1. The van der Waals surface area contributed by atoms with Gasteiger partial charge < -0.3 is 19.5 Å². The van der Waals surface area contributed by atoms with Gasteiger partial charge in [0.2, 0.25) is 0 Å². The lowest BCUT2D eigenvalue weighted by Crippen LogP contribution is -2.28. The predicted octanol–water partition coefficient (Wildman–Crippen LogP) is 2.72. The first-order chi connectivity index (χ1) is 13.0. The van der Waals surface area contributed by atoms with Crippen LogP contribution in [0.25, 0.3) is 6.08 Å². The van der Waals surface area contributed by atoms with Crippen LogP contribution in [0.3, 0.4) is 0 Å². The van der Waals surface area contributed by atoms with E-state index >= 15 is 0 Å². The number of rotatable bonds is 8. The molecule has 2 aromatic rings. The van der Waals surface area contributed by atoms with E-state index in [0.29, 0.717) is 17.1 Å². The molecule has 0 aromatic heterocycles. The Morgan fingerprint density at radius 1 is 1.04 bits per heavy atom. The number of esters is 1. The minimum atomic E-state index is -0.651. The molecule has 2 rings (SSSR count). The Morgan fingerprint density at radius 3 is 2.41 bits per heavy atom. The highest BCUT2D eigenvalue weighted by atomic mass is 19.1. The van der Waals surface area contributed by atoms with E-state index in [1.807, 2.05) is 0 Å². The second-order valence-corrected chi connectivity index (χ2v) is 5.46. The Morgan fingerprint density at radius 2 is 1.74 bits per heavy atom. The highest BCUT2D eigenvalue weighted by Gasteiger charge is 2.06. The summed E-state index contributed by atoms with van der Waals surface area (Å²) in [5, 5.41) is 2.58. The molecule has 0 bridgehead atoms. The van der Waals surface area contributed by atoms with Crippen molar-refractivity contribution in [3.8, 4) is 11.5 Å². The maximum absolute atomic E-state index is 12.8. The van der Waals surface area contributed by atoms with Crippen LogP contribution in [-0.2, 0) is 20.9 Å². The zero-order valence-electron chi connectivity index (χ0n) is 15.0. The molecule has 0 saturated heterocycles. The van der Waals surface area contributed by atoms with Crippen molar-refractivity contribution in [3.05, 3.63) is 65.5 Å². The predicted molar refractivity (Wildman–Crippen MR) is 97.8 cm³/mol. The van der Waals surface area contributed by atoms with Gasteiger partial charge in [-0.25, -0.2) is 9.18 Å². The van der Waals surface area contributed by atoms with Crippen molar-refractivity contribution in [3.63, 3.8) is 0 Å². The number of ether oxygens (including phenoxy) is 3. The Labute approximate surface area is 156 Å². The number of carbonyl (C=O) groups is 2. The van der Waals surface area contributed by atoms with E-state index in [4.69, 9.17) is 14.2 Å². The zero-order chi connectivity index (χ0) is 19.6. The molecule has 0 atom stereocenters. The van der Waals surface area contributed by atoms with Gasteiger partial charge in [0.1, 0.15) is 5.82 Å². The van der Waals surface area contributed by atoms with Gasteiger partial charge in [0.25, 0.3) is 5.91 Å². The molecule has 142 valence electrons. The second-order valence-electron chi connectivity index (χ2n) is 5.46. The SMILES string of the molecule is COc1ccc(/C=C/C(=O)OCC(=O)NCc2ccc(F)cc2)cc1OC. The molecule has 27 heavy (non-hydrogen) atoms. The smallest absolute Gasteiger partial charge is 0.331 e. The molecule has 0 saturated carbocycles. The summed E-state index contributed by atoms with van der Waals surface area (Å²) in [6, 6.07) is 10.9. The minimum absolute atomic E-state index is 0.220. The quantitative estimate of drug-likeness (QED) is 0.569. The molecule has 0 fully saturated rings. The summed E-state index contributed by atoms with van der Waals surface area (Å²) in [4.78, 5) is 23.4. The van der Waals surface area contributed by atoms with Gasteiger partial charge in [-0.2, -0.15) is 0 Å². The van der Waals surface area contributed by atoms with Crippen molar-refractivity contribution in [1.29, 1.82) is 0 Å². The molecule has 2 aromatic carbocycles. The molecule has 0 aliphatic rings. The van der Waals surface area contributed by atoms with Crippen LogP contribution in [0.1, 0.15) is 11.1 Å². The summed E-state index contributed by atoms with van der Waals surface area (Å²) in [5.41, 5.74) is 1.45. The monoisotopic (exact) mass is 373 g/mol. The van der Waals surface area contributed by atoms with Crippen LogP contribution in [0.2, 0.25) is 0 Å². The van der Waals surface area contributed by atoms with E-state index in [9.17, 15) is 14.0 Å². The van der Waals surface area contributed by atoms with E-state index in [2.05, 4.69) is 5.32 Å². The fourth-order valence-corrected chi connectivity index (χ4v) is 2.16. The van der Waals surface area contributed by atoms with Crippen LogP contribution >= 0.6 is 0 Å². The van der Waals surface area contributed by atoms with Crippen LogP contribution in [-0.4, -0.2) is 32.7 Å². The second kappa shape index (κ2) is 9.96. The fourth-order valence-electron chi connectivity index (χ4n) is 2.16. The number of hydrogen-bond donors (Lipinski definition) is 1. The van der Waals surface area contributed by atoms with E-state index in [0.717, 1.165) is 5.56 Å². The van der Waals surface area contributed by atoms with Crippen molar-refractivity contribution >= 4 is 18.0 Å². The Hall–Kier alpha value is -3.35. The van der Waals surface area contributed by atoms with Gasteiger partial charge in [-0.15, -0.1) is 0 Å². The number of benzene rings is 2. The van der Waals surface area contributed by atoms with Gasteiger partial charge in [-0.1, -0.05) is 18.2 Å².